The van der Waals surface area contributed by atoms with Gasteiger partial charge in [0.25, 0.3) is 0 Å². The number of carbonyl (C=O) groups excluding carboxylic acids is 2. The Morgan fingerprint density at radius 1 is 1.31 bits per heavy atom. The molecule has 0 aliphatic carbocycles. The van der Waals surface area contributed by atoms with E-state index in [0.29, 0.717) is 24.5 Å². The van der Waals surface area contributed by atoms with Gasteiger partial charge in [0, 0.05) is 31.5 Å². The Morgan fingerprint density at radius 3 is 2.62 bits per heavy atom. The van der Waals surface area contributed by atoms with E-state index in [1.165, 1.54) is 6.92 Å². The molecule has 7 heteroatoms. The molecule has 2 amide bonds. The van der Waals surface area contributed by atoms with Crippen molar-refractivity contribution >= 4 is 29.4 Å². The van der Waals surface area contributed by atoms with Crippen LogP contribution in [-0.4, -0.2) is 40.9 Å². The average molecular weight is 381 g/mol. The van der Waals surface area contributed by atoms with Crippen molar-refractivity contribution in [2.75, 3.05) is 13.1 Å². The van der Waals surface area contributed by atoms with Crippen LogP contribution in [0.4, 0.5) is 0 Å². The average Bonchev–Trinajstić information content (AvgIpc) is 2.60. The van der Waals surface area contributed by atoms with Gasteiger partial charge < -0.3 is 15.3 Å². The van der Waals surface area contributed by atoms with Gasteiger partial charge in [-0.15, -0.1) is 0 Å². The van der Waals surface area contributed by atoms with E-state index >= 15 is 0 Å². The van der Waals surface area contributed by atoms with Crippen LogP contribution >= 0.6 is 11.6 Å². The Bertz CT molecular complexity index is 647. The number of carboxylic acids is 1. The van der Waals surface area contributed by atoms with Gasteiger partial charge in [-0.25, -0.2) is 0 Å². The number of benzene rings is 1. The molecule has 26 heavy (non-hydrogen) atoms. The van der Waals surface area contributed by atoms with Crippen molar-refractivity contribution in [2.24, 2.45) is 5.92 Å². The number of aliphatic carboxylic acids is 1. The lowest BCUT2D eigenvalue weighted by atomic mass is 9.92. The van der Waals surface area contributed by atoms with Gasteiger partial charge in [-0.1, -0.05) is 23.7 Å². The van der Waals surface area contributed by atoms with E-state index < -0.39 is 12.0 Å². The van der Waals surface area contributed by atoms with Crippen molar-refractivity contribution in [1.82, 2.24) is 10.2 Å². The Labute approximate surface area is 158 Å². The highest BCUT2D eigenvalue weighted by Crippen LogP contribution is 2.25. The second-order valence-electron chi connectivity index (χ2n) is 6.79. The number of nitrogens with zero attached hydrogens (tertiary/aromatic N) is 1. The first-order valence-corrected chi connectivity index (χ1v) is 9.25. The summed E-state index contributed by atoms with van der Waals surface area (Å²) in [5.74, 6) is -0.810. The first-order chi connectivity index (χ1) is 12.3. The lowest BCUT2D eigenvalue weighted by molar-refractivity contribution is -0.137. The summed E-state index contributed by atoms with van der Waals surface area (Å²) in [4.78, 5) is 36.8. The normalized spacial score (nSPS) is 18.2. The van der Waals surface area contributed by atoms with Crippen molar-refractivity contribution in [3.05, 3.63) is 34.9 Å². The maximum absolute atomic E-state index is 12.7. The van der Waals surface area contributed by atoms with Crippen LogP contribution in [0.3, 0.4) is 0 Å². The smallest absolute Gasteiger partial charge is 0.303 e. The van der Waals surface area contributed by atoms with Crippen molar-refractivity contribution in [1.29, 1.82) is 0 Å². The van der Waals surface area contributed by atoms with Crippen LogP contribution in [0.5, 0.6) is 0 Å². The van der Waals surface area contributed by atoms with E-state index in [0.717, 1.165) is 18.4 Å². The van der Waals surface area contributed by atoms with Crippen LogP contribution < -0.4 is 5.32 Å². The molecule has 0 bridgehead atoms. The summed E-state index contributed by atoms with van der Waals surface area (Å²) in [6.45, 7) is 2.69. The molecule has 1 fully saturated rings. The molecule has 1 saturated heterocycles. The zero-order chi connectivity index (χ0) is 19.1. The number of rotatable bonds is 7. The van der Waals surface area contributed by atoms with Crippen LogP contribution in [0.1, 0.15) is 50.6 Å². The highest BCUT2D eigenvalue weighted by Gasteiger charge is 2.26. The molecular weight excluding hydrogens is 356 g/mol. The van der Waals surface area contributed by atoms with Gasteiger partial charge in [0.05, 0.1) is 12.5 Å². The van der Waals surface area contributed by atoms with E-state index in [1.807, 2.05) is 12.1 Å². The van der Waals surface area contributed by atoms with Gasteiger partial charge >= 0.3 is 5.97 Å². The second kappa shape index (κ2) is 9.57. The fourth-order valence-corrected chi connectivity index (χ4v) is 3.48. The molecule has 2 N–H and O–H groups in total. The minimum absolute atomic E-state index is 0.0290. The van der Waals surface area contributed by atoms with Crippen molar-refractivity contribution in [3.8, 4) is 0 Å². The summed E-state index contributed by atoms with van der Waals surface area (Å²) in [5, 5.41) is 12.3. The highest BCUT2D eigenvalue weighted by atomic mass is 35.5. The van der Waals surface area contributed by atoms with Crippen LogP contribution in [-0.2, 0) is 14.4 Å². The lowest BCUT2D eigenvalue weighted by Gasteiger charge is -2.33. The zero-order valence-electron chi connectivity index (χ0n) is 14.9. The highest BCUT2D eigenvalue weighted by molar-refractivity contribution is 6.30. The molecule has 1 aromatic carbocycles. The van der Waals surface area contributed by atoms with E-state index in [4.69, 9.17) is 16.7 Å². The third kappa shape index (κ3) is 6.33. The van der Waals surface area contributed by atoms with Crippen molar-refractivity contribution in [3.63, 3.8) is 0 Å². The number of halogens is 1. The van der Waals surface area contributed by atoms with E-state index in [-0.39, 0.29) is 30.6 Å². The second-order valence-corrected chi connectivity index (χ2v) is 7.23. The minimum atomic E-state index is -0.804. The predicted molar refractivity (Wildman–Crippen MR) is 98.8 cm³/mol. The number of carbonyl (C=O) groups is 3. The third-order valence-electron chi connectivity index (χ3n) is 4.67. The van der Waals surface area contributed by atoms with Crippen molar-refractivity contribution in [2.45, 2.75) is 45.1 Å². The molecule has 1 aromatic rings. The maximum Gasteiger partial charge on any atom is 0.303 e. The Kier molecular flexibility index (Phi) is 7.45. The van der Waals surface area contributed by atoms with E-state index in [9.17, 15) is 14.4 Å². The van der Waals surface area contributed by atoms with Crippen LogP contribution in [0, 0.1) is 5.92 Å². The summed E-state index contributed by atoms with van der Waals surface area (Å²) < 4.78 is 0. The molecular formula is C19H25ClN2O4. The Hall–Kier alpha value is -2.08. The number of hydrogen-bond acceptors (Lipinski definition) is 3. The number of likely N-dealkylation sites (tertiary alicyclic amines) is 1. The topological polar surface area (TPSA) is 86.7 Å². The van der Waals surface area contributed by atoms with Gasteiger partial charge in [-0.05, 0) is 42.9 Å². The third-order valence-corrected chi connectivity index (χ3v) is 4.92. The van der Waals surface area contributed by atoms with Crippen LogP contribution in [0.15, 0.2) is 24.3 Å². The number of hydrogen-bond donors (Lipinski definition) is 2. The first kappa shape index (κ1) is 20.2. The van der Waals surface area contributed by atoms with Crippen LogP contribution in [0.2, 0.25) is 5.02 Å². The molecule has 1 aliphatic heterocycles. The number of nitrogens with one attached hydrogen (secondary N) is 1. The molecule has 0 spiro atoms. The fourth-order valence-electron chi connectivity index (χ4n) is 3.35. The number of carboxylic acid groups (broad SMARTS) is 1. The summed E-state index contributed by atoms with van der Waals surface area (Å²) in [5.41, 5.74) is 0.831. The molecule has 0 radical (unpaired) electrons. The standard InChI is InChI=1S/C19H25ClN2O4/c1-13(23)21-17(15-5-7-16(20)8-6-15)11-18(24)22-10-2-3-14(12-22)4-9-19(25)26/h5-8,14,17H,2-4,9-12H2,1H3,(H,21,23)(H,25,26)/t14-,17+/m0/s1. The molecule has 6 nitrogen and oxygen atoms in total. The molecule has 0 aromatic heterocycles. The van der Waals surface area contributed by atoms with Gasteiger partial charge in [-0.3, -0.25) is 14.4 Å². The molecule has 142 valence electrons. The largest absolute Gasteiger partial charge is 0.481 e. The van der Waals surface area contributed by atoms with E-state index in [1.54, 1.807) is 17.0 Å². The number of piperidine rings is 1. The van der Waals surface area contributed by atoms with Crippen LogP contribution in [0.25, 0.3) is 0 Å². The fraction of sp³-hybridized carbons (Fsp3) is 0.526. The maximum atomic E-state index is 12.7. The number of amides is 2. The Balaban J connectivity index is 2.00. The SMILES string of the molecule is CC(=O)N[C@H](CC(=O)N1CCC[C@@H](CCC(=O)O)C1)c1ccc(Cl)cc1. The minimum Gasteiger partial charge on any atom is -0.481 e. The van der Waals surface area contributed by atoms with Gasteiger partial charge in [-0.2, -0.15) is 0 Å². The predicted octanol–water partition coefficient (Wildman–Crippen LogP) is 3.01. The summed E-state index contributed by atoms with van der Waals surface area (Å²) in [7, 11) is 0. The van der Waals surface area contributed by atoms with Gasteiger partial charge in [0.1, 0.15) is 0 Å². The monoisotopic (exact) mass is 380 g/mol. The lowest BCUT2D eigenvalue weighted by Crippen LogP contribution is -2.42. The summed E-state index contributed by atoms with van der Waals surface area (Å²) >= 11 is 5.91. The van der Waals surface area contributed by atoms with Gasteiger partial charge in [0.15, 0.2) is 0 Å². The molecule has 1 heterocycles. The van der Waals surface area contributed by atoms with E-state index in [2.05, 4.69) is 5.32 Å². The molecule has 2 rings (SSSR count). The molecule has 0 unspecified atom stereocenters. The van der Waals surface area contributed by atoms with Crippen molar-refractivity contribution < 1.29 is 19.5 Å². The molecule has 0 saturated carbocycles. The summed E-state index contributed by atoms with van der Waals surface area (Å²) in [6, 6.07) is 6.68. The zero-order valence-corrected chi connectivity index (χ0v) is 15.7. The first-order valence-electron chi connectivity index (χ1n) is 8.87. The molecule has 2 atom stereocenters. The quantitative estimate of drug-likeness (QED) is 0.761. The Morgan fingerprint density at radius 2 is 2.00 bits per heavy atom. The molecule has 1 aliphatic rings. The van der Waals surface area contributed by atoms with Gasteiger partial charge in [0.2, 0.25) is 11.8 Å². The summed E-state index contributed by atoms with van der Waals surface area (Å²) in [6.07, 6.45) is 2.72.